The van der Waals surface area contributed by atoms with Gasteiger partial charge < -0.3 is 81.4 Å². The van der Waals surface area contributed by atoms with Gasteiger partial charge in [0.2, 0.25) is 35.4 Å². The molecule has 1 saturated heterocycles. The van der Waals surface area contributed by atoms with Crippen LogP contribution in [0.2, 0.25) is 0 Å². The fourth-order valence-electron chi connectivity index (χ4n) is 10.3. The maximum Gasteiger partial charge on any atom is 0.326 e. The van der Waals surface area contributed by atoms with E-state index < -0.39 is 90.2 Å². The molecule has 2 aromatic carbocycles. The number of hydrogen-bond donors (Lipinski definition) is 13. The summed E-state index contributed by atoms with van der Waals surface area (Å²) in [5.74, 6) is -6.07. The van der Waals surface area contributed by atoms with Crippen molar-refractivity contribution in [3.05, 3.63) is 71.3 Å². The molecule has 0 radical (unpaired) electrons. The highest BCUT2D eigenvalue weighted by Crippen LogP contribution is 2.41. The first-order valence-electron chi connectivity index (χ1n) is 26.1. The molecule has 76 heavy (non-hydrogen) atoms. The fourth-order valence-corrected chi connectivity index (χ4v) is 10.3. The average molecular weight is 1060 g/mol. The number of likely N-dealkylation sites (tertiary alicyclic amines) is 1. The van der Waals surface area contributed by atoms with E-state index >= 15 is 4.79 Å². The Balaban J connectivity index is 1.34. The standard InChI is InChI=1S/C51H78N16O9/c52-35(16-8-21-60-49(53)54)43(70)63-36(17-9-22-61-50(55)56)44(71)59-24-20-33(25-30-11-2-1-3-12-30)42(69)65-38(29-68)46(73)66-28-34-15-5-4-13-31(34)26-41(66)47(74)67-39-19-7-6-14-32(39)27-40(67)45(72)64-37(48(75)76)18-10-23-62-51(57)58/h1-5,11-13,15,32-33,35-41,68H,6-10,14,16-29,52H2,(H,59,71)(H,63,70)(H,64,72)(H,65,69)(H,75,76)(H4,53,54,60)(H4,55,56,61)(H4,57,58,62). The predicted octanol–water partition coefficient (Wildman–Crippen LogP) is -2.52. The number of benzene rings is 2. The van der Waals surface area contributed by atoms with Crippen LogP contribution in [0.4, 0.5) is 0 Å². The number of fused-ring (bicyclic) bond motifs is 2. The number of carbonyl (C=O) groups excluding carboxylic acids is 6. The molecule has 2 aromatic rings. The van der Waals surface area contributed by atoms with Crippen LogP contribution < -0.4 is 61.4 Å². The first-order chi connectivity index (χ1) is 36.4. The Morgan fingerprint density at radius 3 is 1.86 bits per heavy atom. The van der Waals surface area contributed by atoms with Crippen molar-refractivity contribution >= 4 is 59.3 Å². The maximum absolute atomic E-state index is 15.3. The SMILES string of the molecule is NC(N)=NCCCC(N)C(=O)NC(CCCN=C(N)N)C(=O)NCCC(Cc1ccccc1)C(=O)NC(CO)C(=O)N1Cc2ccccc2CC1C(=O)N1C(C(=O)NC(CCCN=C(N)N)C(=O)O)CC2CCCCC21. The lowest BCUT2D eigenvalue weighted by Crippen LogP contribution is -2.62. The Hall–Kier alpha value is -7.54. The van der Waals surface area contributed by atoms with Crippen LogP contribution in [-0.2, 0) is 52.9 Å². The molecule has 9 atom stereocenters. The number of carbonyl (C=O) groups is 7. The zero-order valence-corrected chi connectivity index (χ0v) is 43.1. The summed E-state index contributed by atoms with van der Waals surface area (Å²) >= 11 is 0. The predicted molar refractivity (Wildman–Crippen MR) is 285 cm³/mol. The van der Waals surface area contributed by atoms with Gasteiger partial charge in [0.25, 0.3) is 0 Å². The molecule has 9 unspecified atom stereocenters. The van der Waals surface area contributed by atoms with E-state index in [9.17, 15) is 39.0 Å². The van der Waals surface area contributed by atoms with Crippen molar-refractivity contribution in [2.24, 2.45) is 66.9 Å². The average Bonchev–Trinajstić information content (AvgIpc) is 3.79. The number of carboxylic acids is 1. The van der Waals surface area contributed by atoms with Gasteiger partial charge in [0.1, 0.15) is 30.2 Å². The van der Waals surface area contributed by atoms with Crippen molar-refractivity contribution in [1.82, 2.24) is 31.1 Å². The van der Waals surface area contributed by atoms with Gasteiger partial charge in [0, 0.05) is 51.1 Å². The second kappa shape index (κ2) is 29.5. The minimum absolute atomic E-state index is 0.0335. The normalized spacial score (nSPS) is 19.7. The van der Waals surface area contributed by atoms with Gasteiger partial charge in [-0.1, -0.05) is 67.4 Å². The molecular formula is C51H78N16O9. The largest absolute Gasteiger partial charge is 0.480 e. The molecule has 0 bridgehead atoms. The summed E-state index contributed by atoms with van der Waals surface area (Å²) < 4.78 is 0. The molecular weight excluding hydrogens is 981 g/mol. The molecule has 5 rings (SSSR count). The molecule has 1 saturated carbocycles. The molecule has 416 valence electrons. The van der Waals surface area contributed by atoms with Crippen LogP contribution in [0.5, 0.6) is 0 Å². The number of guanidine groups is 3. The van der Waals surface area contributed by atoms with Crippen molar-refractivity contribution < 1.29 is 43.8 Å². The van der Waals surface area contributed by atoms with Crippen LogP contribution in [0.1, 0.15) is 93.7 Å². The number of aliphatic carboxylic acids is 1. The Bertz CT molecular complexity index is 2390. The lowest BCUT2D eigenvalue weighted by Gasteiger charge is -2.42. The van der Waals surface area contributed by atoms with E-state index in [-0.39, 0.29) is 108 Å². The summed E-state index contributed by atoms with van der Waals surface area (Å²) in [5, 5.41) is 31.9. The lowest BCUT2D eigenvalue weighted by molar-refractivity contribution is -0.153. The van der Waals surface area contributed by atoms with Crippen molar-refractivity contribution in [3.8, 4) is 0 Å². The molecule has 1 aliphatic carbocycles. The van der Waals surface area contributed by atoms with Gasteiger partial charge >= 0.3 is 5.97 Å². The van der Waals surface area contributed by atoms with Gasteiger partial charge in [-0.05, 0) is 93.2 Å². The number of aliphatic hydroxyl groups is 1. The smallest absolute Gasteiger partial charge is 0.326 e. The second-order valence-corrected chi connectivity index (χ2v) is 19.7. The Morgan fingerprint density at radius 1 is 0.658 bits per heavy atom. The highest BCUT2D eigenvalue weighted by molar-refractivity contribution is 5.96. The van der Waals surface area contributed by atoms with E-state index in [1.54, 1.807) is 4.90 Å². The highest BCUT2D eigenvalue weighted by atomic mass is 16.4. The Kier molecular flexibility index (Phi) is 23.1. The summed E-state index contributed by atoms with van der Waals surface area (Å²) in [4.78, 5) is 113. The Labute approximate surface area is 442 Å². The summed E-state index contributed by atoms with van der Waals surface area (Å²) in [6, 6.07) is 9.12. The number of nitrogens with two attached hydrogens (primary N) is 7. The number of nitrogens with one attached hydrogen (secondary N) is 4. The number of aliphatic imine (C=N–C) groups is 3. The van der Waals surface area contributed by atoms with E-state index in [2.05, 4.69) is 36.2 Å². The third-order valence-electron chi connectivity index (χ3n) is 14.2. The van der Waals surface area contributed by atoms with E-state index in [0.29, 0.717) is 25.7 Å². The van der Waals surface area contributed by atoms with Crippen LogP contribution in [0.3, 0.4) is 0 Å². The van der Waals surface area contributed by atoms with Gasteiger partial charge in [-0.2, -0.15) is 0 Å². The summed E-state index contributed by atoms with van der Waals surface area (Å²) in [6.07, 6.45) is 5.14. The first kappa shape index (κ1) is 59.3. The number of hydrogen-bond acceptors (Lipinski definition) is 12. The minimum Gasteiger partial charge on any atom is -0.480 e. The zero-order chi connectivity index (χ0) is 55.3. The van der Waals surface area contributed by atoms with Crippen molar-refractivity contribution in [1.29, 1.82) is 0 Å². The molecule has 0 aromatic heterocycles. The summed E-state index contributed by atoms with van der Waals surface area (Å²) in [7, 11) is 0. The zero-order valence-electron chi connectivity index (χ0n) is 43.1. The number of amides is 6. The second-order valence-electron chi connectivity index (χ2n) is 19.7. The number of aliphatic hydroxyl groups excluding tert-OH is 1. The molecule has 2 fully saturated rings. The minimum atomic E-state index is -1.51. The number of nitrogens with zero attached hydrogens (tertiary/aromatic N) is 5. The molecule has 3 aliphatic rings. The summed E-state index contributed by atoms with van der Waals surface area (Å²) in [5.41, 5.74) is 41.1. The van der Waals surface area contributed by atoms with Crippen molar-refractivity contribution in [2.75, 3.05) is 32.8 Å². The quantitative estimate of drug-likeness (QED) is 0.0238. The monoisotopic (exact) mass is 1060 g/mol. The van der Waals surface area contributed by atoms with Crippen LogP contribution in [0, 0.1) is 11.8 Å². The molecule has 6 amide bonds. The van der Waals surface area contributed by atoms with Crippen molar-refractivity contribution in [3.63, 3.8) is 0 Å². The van der Waals surface area contributed by atoms with Crippen LogP contribution >= 0.6 is 0 Å². The van der Waals surface area contributed by atoms with Crippen molar-refractivity contribution in [2.45, 2.75) is 139 Å². The molecule has 0 spiro atoms. The van der Waals surface area contributed by atoms with E-state index in [1.807, 2.05) is 54.6 Å². The topological polar surface area (TPSA) is 434 Å². The van der Waals surface area contributed by atoms with Gasteiger partial charge in [-0.25, -0.2) is 4.79 Å². The lowest BCUT2D eigenvalue weighted by atomic mass is 9.84. The fraction of sp³-hybridized carbons (Fsp3) is 0.569. The molecule has 2 heterocycles. The third kappa shape index (κ3) is 17.5. The first-order valence-corrected chi connectivity index (χ1v) is 26.1. The van der Waals surface area contributed by atoms with E-state index in [1.165, 1.54) is 4.90 Å². The molecule has 2 aliphatic heterocycles. The number of carboxylic acid groups (broad SMARTS) is 1. The van der Waals surface area contributed by atoms with Crippen LogP contribution in [0.25, 0.3) is 0 Å². The van der Waals surface area contributed by atoms with Crippen LogP contribution in [0.15, 0.2) is 69.6 Å². The Morgan fingerprint density at radius 2 is 1.24 bits per heavy atom. The van der Waals surface area contributed by atoms with Gasteiger partial charge in [-0.3, -0.25) is 43.7 Å². The van der Waals surface area contributed by atoms with Gasteiger partial charge in [0.05, 0.1) is 12.6 Å². The maximum atomic E-state index is 15.3. The van der Waals surface area contributed by atoms with E-state index in [0.717, 1.165) is 36.0 Å². The van der Waals surface area contributed by atoms with Gasteiger partial charge in [-0.15, -0.1) is 0 Å². The van der Waals surface area contributed by atoms with E-state index in [4.69, 9.17) is 40.1 Å². The third-order valence-corrected chi connectivity index (χ3v) is 14.2. The highest BCUT2D eigenvalue weighted by Gasteiger charge is 2.51. The van der Waals surface area contributed by atoms with Gasteiger partial charge in [0.15, 0.2) is 17.9 Å². The number of rotatable bonds is 28. The summed E-state index contributed by atoms with van der Waals surface area (Å²) in [6.45, 7) is -0.301. The molecule has 25 nitrogen and oxygen atoms in total. The molecule has 25 heteroatoms. The molecule has 20 N–H and O–H groups in total. The van der Waals surface area contributed by atoms with Crippen LogP contribution in [-0.4, -0.2) is 154 Å².